The van der Waals surface area contributed by atoms with E-state index < -0.39 is 66.2 Å². The molecule has 1 saturated heterocycles. The molecule has 1 aromatic rings. The number of alkyl halides is 1. The molecule has 5 atom stereocenters. The summed E-state index contributed by atoms with van der Waals surface area (Å²) >= 11 is 5.95. The van der Waals surface area contributed by atoms with Crippen LogP contribution < -0.4 is 15.4 Å². The van der Waals surface area contributed by atoms with Crippen molar-refractivity contribution in [2.24, 2.45) is 0 Å². The van der Waals surface area contributed by atoms with Crippen LogP contribution in [0.3, 0.4) is 0 Å². The maximum absolute atomic E-state index is 13.1. The predicted octanol–water partition coefficient (Wildman–Crippen LogP) is 1.18. The molecule has 1 fully saturated rings. The highest BCUT2D eigenvalue weighted by molar-refractivity contribution is 6.17. The minimum Gasteiger partial charge on any atom is -0.467 e. The second-order valence-electron chi connectivity index (χ2n) is 9.85. The summed E-state index contributed by atoms with van der Waals surface area (Å²) in [5.74, 6) is -3.35. The van der Waals surface area contributed by atoms with E-state index in [0.29, 0.717) is 5.56 Å². The summed E-state index contributed by atoms with van der Waals surface area (Å²) < 4.78 is 31.7. The molecule has 0 spiro atoms. The van der Waals surface area contributed by atoms with E-state index in [4.69, 9.17) is 35.3 Å². The molecule has 0 aliphatic carbocycles. The molecule has 0 aromatic heterocycles. The Bertz CT molecular complexity index is 1120. The molecule has 14 nitrogen and oxygen atoms in total. The van der Waals surface area contributed by atoms with Crippen LogP contribution in [0.1, 0.15) is 50.5 Å². The molecule has 1 heterocycles. The molecule has 1 aromatic carbocycles. The lowest BCUT2D eigenvalue weighted by molar-refractivity contribution is -0.279. The van der Waals surface area contributed by atoms with E-state index in [2.05, 4.69) is 15.4 Å². The van der Waals surface area contributed by atoms with Gasteiger partial charge in [-0.15, -0.1) is 11.6 Å². The number of aliphatic hydroxyl groups is 1. The van der Waals surface area contributed by atoms with Crippen LogP contribution in [0.25, 0.3) is 0 Å². The third-order valence-corrected chi connectivity index (χ3v) is 5.63. The van der Waals surface area contributed by atoms with Gasteiger partial charge in [0.25, 0.3) is 5.91 Å². The lowest BCUT2D eigenvalue weighted by Crippen LogP contribution is -2.63. The van der Waals surface area contributed by atoms with Crippen LogP contribution in [0.4, 0.5) is 4.79 Å². The van der Waals surface area contributed by atoms with Crippen LogP contribution in [-0.2, 0) is 43.9 Å². The number of carbonyl (C=O) groups is 5. The van der Waals surface area contributed by atoms with Crippen molar-refractivity contribution in [2.45, 2.75) is 76.8 Å². The van der Waals surface area contributed by atoms with Gasteiger partial charge in [-0.3, -0.25) is 14.4 Å². The number of hydrogen-bond donors (Lipinski definition) is 3. The SMILES string of the molecule is COC(=O)[C@H]1O[C@@H](Oc2ccc(CCl)cc2C(=O)NCCNC(=O)OC(C)(C)C)[C@H](OC(C)=O)[C@@H](OC(C)=O)[C@@H]1O. The molecule has 15 heteroatoms. The van der Waals surface area contributed by atoms with Crippen LogP contribution in [-0.4, -0.2) is 91.5 Å². The Balaban J connectivity index is 2.32. The van der Waals surface area contributed by atoms with Gasteiger partial charge in [-0.25, -0.2) is 9.59 Å². The number of halogens is 1. The average molecular weight is 603 g/mol. The summed E-state index contributed by atoms with van der Waals surface area (Å²) in [7, 11) is 1.05. The Hall–Kier alpha value is -3.62. The third kappa shape index (κ3) is 10.1. The maximum atomic E-state index is 13.1. The highest BCUT2D eigenvalue weighted by atomic mass is 35.5. The summed E-state index contributed by atoms with van der Waals surface area (Å²) in [5.41, 5.74) is -0.155. The fourth-order valence-corrected chi connectivity index (χ4v) is 3.85. The summed E-state index contributed by atoms with van der Waals surface area (Å²) in [6, 6.07) is 4.40. The number of rotatable bonds is 10. The zero-order valence-electron chi connectivity index (χ0n) is 23.6. The smallest absolute Gasteiger partial charge is 0.407 e. The molecule has 2 amide bonds. The first kappa shape index (κ1) is 33.6. The Morgan fingerprint density at radius 3 is 2.17 bits per heavy atom. The van der Waals surface area contributed by atoms with Crippen molar-refractivity contribution >= 4 is 41.5 Å². The average Bonchev–Trinajstić information content (AvgIpc) is 2.88. The standard InChI is InChI=1S/C26H35ClN2O12/c1-13(30)37-19-18(32)20(23(34)36-6)40-24(21(19)38-14(2)31)39-17-8-7-15(12-27)11-16(17)22(33)28-9-10-29-25(35)41-26(3,4)5/h7-8,11,18-21,24,32H,9-10,12H2,1-6H3,(H,28,33)(H,29,35)/t18-,19-,20-,21+,24+/m0/s1. The Morgan fingerprint density at radius 2 is 1.61 bits per heavy atom. The molecule has 0 radical (unpaired) electrons. The van der Waals surface area contributed by atoms with Crippen LogP contribution in [0, 0.1) is 0 Å². The Labute approximate surface area is 241 Å². The van der Waals surface area contributed by atoms with Crippen molar-refractivity contribution in [3.8, 4) is 5.75 Å². The minimum absolute atomic E-state index is 0.0176. The Kier molecular flexibility index (Phi) is 12.2. The summed E-state index contributed by atoms with van der Waals surface area (Å²) in [5, 5.41) is 15.9. The van der Waals surface area contributed by atoms with Crippen molar-refractivity contribution in [3.63, 3.8) is 0 Å². The number of carbonyl (C=O) groups excluding carboxylic acids is 5. The van der Waals surface area contributed by atoms with Gasteiger partial charge in [-0.1, -0.05) is 6.07 Å². The van der Waals surface area contributed by atoms with Crippen LogP contribution in [0.15, 0.2) is 18.2 Å². The van der Waals surface area contributed by atoms with Gasteiger partial charge in [0.2, 0.25) is 12.4 Å². The van der Waals surface area contributed by atoms with Gasteiger partial charge >= 0.3 is 24.0 Å². The summed E-state index contributed by atoms with van der Waals surface area (Å²) in [6.45, 7) is 7.33. The van der Waals surface area contributed by atoms with Crippen molar-refractivity contribution < 1.29 is 57.5 Å². The number of alkyl carbamates (subject to hydrolysis) is 1. The van der Waals surface area contributed by atoms with E-state index in [1.54, 1.807) is 26.8 Å². The number of hydrogen-bond acceptors (Lipinski definition) is 12. The number of benzene rings is 1. The lowest BCUT2D eigenvalue weighted by atomic mass is 9.98. The van der Waals surface area contributed by atoms with Gasteiger partial charge in [0, 0.05) is 32.8 Å². The van der Waals surface area contributed by atoms with E-state index in [1.165, 1.54) is 12.1 Å². The Morgan fingerprint density at radius 1 is 1.00 bits per heavy atom. The first-order valence-electron chi connectivity index (χ1n) is 12.5. The molecule has 1 aliphatic heterocycles. The molecular weight excluding hydrogens is 568 g/mol. The van der Waals surface area contributed by atoms with Gasteiger partial charge in [-0.05, 0) is 38.5 Å². The van der Waals surface area contributed by atoms with Crippen molar-refractivity contribution in [1.29, 1.82) is 0 Å². The highest BCUT2D eigenvalue weighted by Crippen LogP contribution is 2.31. The topological polar surface area (TPSA) is 185 Å². The van der Waals surface area contributed by atoms with Crippen molar-refractivity contribution in [1.82, 2.24) is 10.6 Å². The summed E-state index contributed by atoms with van der Waals surface area (Å²) in [4.78, 5) is 60.9. The van der Waals surface area contributed by atoms with E-state index in [-0.39, 0.29) is 30.3 Å². The number of ether oxygens (including phenoxy) is 6. The summed E-state index contributed by atoms with van der Waals surface area (Å²) in [6.07, 6.45) is -8.91. The van der Waals surface area contributed by atoms with Crippen LogP contribution >= 0.6 is 11.6 Å². The van der Waals surface area contributed by atoms with E-state index in [9.17, 15) is 29.1 Å². The van der Waals surface area contributed by atoms with E-state index >= 15 is 0 Å². The zero-order chi connectivity index (χ0) is 30.9. The quantitative estimate of drug-likeness (QED) is 0.150. The number of amides is 2. The minimum atomic E-state index is -1.78. The first-order chi connectivity index (χ1) is 19.2. The largest absolute Gasteiger partial charge is 0.467 e. The normalized spacial score (nSPS) is 22.1. The van der Waals surface area contributed by atoms with Gasteiger partial charge in [0.05, 0.1) is 12.7 Å². The number of methoxy groups -OCH3 is 1. The van der Waals surface area contributed by atoms with Crippen LogP contribution in [0.5, 0.6) is 5.75 Å². The zero-order valence-corrected chi connectivity index (χ0v) is 24.3. The van der Waals surface area contributed by atoms with Crippen molar-refractivity contribution in [3.05, 3.63) is 29.3 Å². The maximum Gasteiger partial charge on any atom is 0.407 e. The molecule has 0 unspecified atom stereocenters. The van der Waals surface area contributed by atoms with Gasteiger partial charge in [0.15, 0.2) is 12.2 Å². The number of esters is 3. The molecule has 3 N–H and O–H groups in total. The molecule has 228 valence electrons. The van der Waals surface area contributed by atoms with E-state index in [1.807, 2.05) is 0 Å². The fraction of sp³-hybridized carbons (Fsp3) is 0.577. The van der Waals surface area contributed by atoms with Gasteiger partial charge in [0.1, 0.15) is 17.5 Å². The molecule has 0 saturated carbocycles. The predicted molar refractivity (Wildman–Crippen MR) is 141 cm³/mol. The van der Waals surface area contributed by atoms with Crippen LogP contribution in [0.2, 0.25) is 0 Å². The molecule has 41 heavy (non-hydrogen) atoms. The van der Waals surface area contributed by atoms with Gasteiger partial charge < -0.3 is 44.2 Å². The molecule has 1 aliphatic rings. The van der Waals surface area contributed by atoms with Gasteiger partial charge in [-0.2, -0.15) is 0 Å². The number of aliphatic hydroxyl groups excluding tert-OH is 1. The second kappa shape index (κ2) is 14.8. The monoisotopic (exact) mass is 602 g/mol. The molecule has 0 bridgehead atoms. The third-order valence-electron chi connectivity index (χ3n) is 5.32. The highest BCUT2D eigenvalue weighted by Gasteiger charge is 2.53. The van der Waals surface area contributed by atoms with Crippen molar-refractivity contribution in [2.75, 3.05) is 20.2 Å². The molecular formula is C26H35ClN2O12. The second-order valence-corrected chi connectivity index (χ2v) is 10.1. The number of nitrogens with one attached hydrogen (secondary N) is 2. The van der Waals surface area contributed by atoms with E-state index in [0.717, 1.165) is 21.0 Å². The fourth-order valence-electron chi connectivity index (χ4n) is 3.69. The molecule has 2 rings (SSSR count). The first-order valence-corrected chi connectivity index (χ1v) is 13.1. The lowest BCUT2D eigenvalue weighted by Gasteiger charge is -2.42.